The first-order chi connectivity index (χ1) is 9.24. The van der Waals surface area contributed by atoms with E-state index in [0.717, 1.165) is 12.1 Å². The van der Waals surface area contributed by atoms with Crippen molar-refractivity contribution in [3.05, 3.63) is 24.3 Å². The van der Waals surface area contributed by atoms with Gasteiger partial charge in [-0.05, 0) is 24.6 Å². The van der Waals surface area contributed by atoms with Crippen LogP contribution in [-0.4, -0.2) is 36.2 Å². The molecule has 0 heterocycles. The Balaban J connectivity index is 2.79. The number of rotatable bonds is 5. The third-order valence-corrected chi connectivity index (χ3v) is 3.12. The number of carbonyl (C=O) groups is 2. The van der Waals surface area contributed by atoms with Gasteiger partial charge in [-0.1, -0.05) is 13.0 Å². The molecule has 1 aromatic rings. The number of carbonyl (C=O) groups excluding carboxylic acids is 1. The minimum Gasteiger partial charge on any atom is -0.479 e. The van der Waals surface area contributed by atoms with Gasteiger partial charge in [0.2, 0.25) is 0 Å². The van der Waals surface area contributed by atoms with E-state index in [2.05, 4.69) is 10.1 Å². The number of aliphatic carboxylic acids is 1. The molecule has 0 radical (unpaired) electrons. The molecule has 110 valence electrons. The summed E-state index contributed by atoms with van der Waals surface area (Å²) in [6.07, 6.45) is -2.24. The Morgan fingerprint density at radius 3 is 2.55 bits per heavy atom. The molecule has 1 atom stereocenters. The van der Waals surface area contributed by atoms with Crippen LogP contribution in [0, 0.1) is 0 Å². The topological polar surface area (TPSA) is 130 Å². The van der Waals surface area contributed by atoms with Crippen molar-refractivity contribution < 1.29 is 32.4 Å². The third-order valence-electron chi connectivity index (χ3n) is 2.27. The number of hydrogen-bond acceptors (Lipinski definition) is 5. The monoisotopic (exact) mass is 303 g/mol. The molecule has 9 heteroatoms. The highest BCUT2D eigenvalue weighted by atomic mass is 32.2. The number of hydrogen-bond donors (Lipinski definition) is 3. The second-order valence-electron chi connectivity index (χ2n) is 3.77. The van der Waals surface area contributed by atoms with Crippen molar-refractivity contribution in [2.24, 2.45) is 0 Å². The molecule has 0 saturated heterocycles. The van der Waals surface area contributed by atoms with Crippen LogP contribution in [0.3, 0.4) is 0 Å². The maximum absolute atomic E-state index is 11.4. The Hall–Kier alpha value is -2.13. The molecule has 8 nitrogen and oxygen atoms in total. The minimum absolute atomic E-state index is 0.0466. The fourth-order valence-corrected chi connectivity index (χ4v) is 1.85. The molecule has 0 aliphatic rings. The molecule has 1 aromatic carbocycles. The zero-order valence-corrected chi connectivity index (χ0v) is 11.3. The van der Waals surface area contributed by atoms with Crippen LogP contribution in [0.4, 0.5) is 10.5 Å². The molecule has 3 N–H and O–H groups in total. The number of anilines is 1. The molecule has 1 amide bonds. The Morgan fingerprint density at radius 2 is 2.05 bits per heavy atom. The van der Waals surface area contributed by atoms with Gasteiger partial charge in [0.15, 0.2) is 6.10 Å². The molecule has 0 saturated carbocycles. The number of benzene rings is 1. The Labute approximate surface area is 115 Å². The van der Waals surface area contributed by atoms with Crippen LogP contribution in [0.25, 0.3) is 0 Å². The lowest BCUT2D eigenvalue weighted by molar-refractivity contribution is -0.146. The predicted octanol–water partition coefficient (Wildman–Crippen LogP) is 1.35. The largest absolute Gasteiger partial charge is 0.479 e. The quantitative estimate of drug-likeness (QED) is 0.700. The van der Waals surface area contributed by atoms with Crippen LogP contribution in [0.1, 0.15) is 13.3 Å². The van der Waals surface area contributed by atoms with Crippen molar-refractivity contribution in [3.63, 3.8) is 0 Å². The van der Waals surface area contributed by atoms with Gasteiger partial charge in [-0.15, -0.1) is 0 Å². The summed E-state index contributed by atoms with van der Waals surface area (Å²) in [5, 5.41) is 10.9. The van der Waals surface area contributed by atoms with Crippen LogP contribution in [-0.2, 0) is 19.6 Å². The molecule has 1 rings (SSSR count). The van der Waals surface area contributed by atoms with Gasteiger partial charge in [-0.2, -0.15) is 8.42 Å². The molecule has 0 fully saturated rings. The van der Waals surface area contributed by atoms with Crippen LogP contribution in [0.2, 0.25) is 0 Å². The molecule has 0 unspecified atom stereocenters. The maximum Gasteiger partial charge on any atom is 0.412 e. The summed E-state index contributed by atoms with van der Waals surface area (Å²) in [5.41, 5.74) is 0.0466. The SMILES string of the molecule is CC[C@H](OC(=O)Nc1cccc(S(=O)(=O)O)c1)C(=O)O. The van der Waals surface area contributed by atoms with Crippen LogP contribution in [0.5, 0.6) is 0 Å². The third kappa shape index (κ3) is 4.52. The lowest BCUT2D eigenvalue weighted by Crippen LogP contribution is -2.28. The van der Waals surface area contributed by atoms with Crippen molar-refractivity contribution in [2.45, 2.75) is 24.3 Å². The standard InChI is InChI=1S/C11H13NO7S/c1-2-9(10(13)14)19-11(15)12-7-4-3-5-8(6-7)20(16,17)18/h3-6,9H,2H2,1H3,(H,12,15)(H,13,14)(H,16,17,18)/t9-/m0/s1. The maximum atomic E-state index is 11.4. The molecule has 0 aliphatic heterocycles. The number of nitrogens with one attached hydrogen (secondary N) is 1. The average Bonchev–Trinajstić information content (AvgIpc) is 2.34. The zero-order chi connectivity index (χ0) is 15.3. The van der Waals surface area contributed by atoms with E-state index in [-0.39, 0.29) is 12.1 Å². The first-order valence-corrected chi connectivity index (χ1v) is 6.96. The molecular weight excluding hydrogens is 290 g/mol. The summed E-state index contributed by atoms with van der Waals surface area (Å²) < 4.78 is 35.3. The Morgan fingerprint density at radius 1 is 1.40 bits per heavy atom. The number of carboxylic acids is 1. The van der Waals surface area contributed by atoms with E-state index in [1.165, 1.54) is 19.1 Å². The highest BCUT2D eigenvalue weighted by molar-refractivity contribution is 7.85. The lowest BCUT2D eigenvalue weighted by atomic mass is 10.3. The van der Waals surface area contributed by atoms with Crippen LogP contribution in [0.15, 0.2) is 29.2 Å². The summed E-state index contributed by atoms with van der Waals surface area (Å²) in [4.78, 5) is 21.7. The van der Waals surface area contributed by atoms with Crippen molar-refractivity contribution >= 4 is 27.9 Å². The number of carboxylic acid groups (broad SMARTS) is 1. The van der Waals surface area contributed by atoms with E-state index >= 15 is 0 Å². The van der Waals surface area contributed by atoms with E-state index < -0.39 is 33.2 Å². The van der Waals surface area contributed by atoms with E-state index in [9.17, 15) is 18.0 Å². The highest BCUT2D eigenvalue weighted by Gasteiger charge is 2.20. The number of amides is 1. The fourth-order valence-electron chi connectivity index (χ4n) is 1.32. The van der Waals surface area contributed by atoms with E-state index in [0.29, 0.717) is 0 Å². The van der Waals surface area contributed by atoms with Gasteiger partial charge < -0.3 is 9.84 Å². The number of ether oxygens (including phenoxy) is 1. The second kappa shape index (κ2) is 6.35. The van der Waals surface area contributed by atoms with Crippen molar-refractivity contribution in [1.29, 1.82) is 0 Å². The van der Waals surface area contributed by atoms with Crippen LogP contribution >= 0.6 is 0 Å². The molecule has 0 aliphatic carbocycles. The van der Waals surface area contributed by atoms with Gasteiger partial charge in [-0.25, -0.2) is 9.59 Å². The molecule has 0 spiro atoms. The summed E-state index contributed by atoms with van der Waals surface area (Å²) >= 11 is 0. The average molecular weight is 303 g/mol. The summed E-state index contributed by atoms with van der Waals surface area (Å²) in [6.45, 7) is 1.53. The smallest absolute Gasteiger partial charge is 0.412 e. The van der Waals surface area contributed by atoms with Gasteiger partial charge in [-0.3, -0.25) is 9.87 Å². The fraction of sp³-hybridized carbons (Fsp3) is 0.273. The lowest BCUT2D eigenvalue weighted by Gasteiger charge is -2.12. The van der Waals surface area contributed by atoms with Crippen LogP contribution < -0.4 is 5.32 Å². The minimum atomic E-state index is -4.39. The first kappa shape index (κ1) is 15.9. The van der Waals surface area contributed by atoms with Gasteiger partial charge in [0.05, 0.1) is 4.90 Å². The van der Waals surface area contributed by atoms with Gasteiger partial charge in [0.1, 0.15) is 0 Å². The van der Waals surface area contributed by atoms with Crippen molar-refractivity contribution in [2.75, 3.05) is 5.32 Å². The normalized spacial score (nSPS) is 12.5. The highest BCUT2D eigenvalue weighted by Crippen LogP contribution is 2.15. The van der Waals surface area contributed by atoms with Gasteiger partial charge in [0, 0.05) is 5.69 Å². The van der Waals surface area contributed by atoms with Crippen molar-refractivity contribution in [1.82, 2.24) is 0 Å². The van der Waals surface area contributed by atoms with Crippen molar-refractivity contribution in [3.8, 4) is 0 Å². The molecule has 0 bridgehead atoms. The summed E-state index contributed by atoms with van der Waals surface area (Å²) in [5.74, 6) is -1.28. The zero-order valence-electron chi connectivity index (χ0n) is 10.4. The second-order valence-corrected chi connectivity index (χ2v) is 5.19. The Kier molecular flexibility index (Phi) is 5.06. The molecular formula is C11H13NO7S. The van der Waals surface area contributed by atoms with E-state index in [4.69, 9.17) is 9.66 Å². The van der Waals surface area contributed by atoms with E-state index in [1.807, 2.05) is 0 Å². The molecule has 0 aromatic heterocycles. The summed E-state index contributed by atoms with van der Waals surface area (Å²) in [6, 6.07) is 4.81. The predicted molar refractivity (Wildman–Crippen MR) is 68.1 cm³/mol. The summed E-state index contributed by atoms with van der Waals surface area (Å²) in [7, 11) is -4.39. The molecule has 20 heavy (non-hydrogen) atoms. The van der Waals surface area contributed by atoms with Gasteiger partial charge in [0.25, 0.3) is 10.1 Å². The Bertz CT molecular complexity index is 611. The van der Waals surface area contributed by atoms with E-state index in [1.54, 1.807) is 0 Å². The van der Waals surface area contributed by atoms with Gasteiger partial charge >= 0.3 is 12.1 Å². The first-order valence-electron chi connectivity index (χ1n) is 5.52.